The first-order valence-corrected chi connectivity index (χ1v) is 8.96. The summed E-state index contributed by atoms with van der Waals surface area (Å²) in [7, 11) is -1.67. The molecule has 0 bridgehead atoms. The number of hydrogen-bond acceptors (Lipinski definition) is 2. The summed E-state index contributed by atoms with van der Waals surface area (Å²) >= 11 is 0. The van der Waals surface area contributed by atoms with Crippen molar-refractivity contribution in [3.63, 3.8) is 0 Å². The second-order valence-electron chi connectivity index (χ2n) is 5.04. The van der Waals surface area contributed by atoms with Gasteiger partial charge in [0.1, 0.15) is 6.61 Å². The van der Waals surface area contributed by atoms with Gasteiger partial charge in [-0.25, -0.2) is 4.79 Å². The van der Waals surface area contributed by atoms with Gasteiger partial charge in [-0.1, -0.05) is 50.0 Å². The maximum Gasteiger partial charge on any atom is 0.402 e. The van der Waals surface area contributed by atoms with Crippen LogP contribution in [-0.2, 0) is 4.74 Å². The van der Waals surface area contributed by atoms with Crippen LogP contribution in [0.15, 0.2) is 30.3 Å². The SMILES string of the molecule is C[Si](C)(C)N1C(=O)OC[C@@H]1c1ccccc1. The predicted molar refractivity (Wildman–Crippen MR) is 65.7 cm³/mol. The molecule has 1 saturated heterocycles. The van der Waals surface area contributed by atoms with Crippen molar-refractivity contribution in [2.75, 3.05) is 6.61 Å². The van der Waals surface area contributed by atoms with E-state index in [0.29, 0.717) is 6.61 Å². The Kier molecular flexibility index (Phi) is 2.76. The van der Waals surface area contributed by atoms with Gasteiger partial charge in [-0.3, -0.25) is 0 Å². The van der Waals surface area contributed by atoms with E-state index in [-0.39, 0.29) is 12.1 Å². The van der Waals surface area contributed by atoms with Gasteiger partial charge in [0.2, 0.25) is 0 Å². The van der Waals surface area contributed by atoms with Gasteiger partial charge in [-0.15, -0.1) is 0 Å². The maximum absolute atomic E-state index is 11.7. The molecule has 16 heavy (non-hydrogen) atoms. The number of amides is 1. The van der Waals surface area contributed by atoms with Gasteiger partial charge in [0, 0.05) is 0 Å². The third-order valence-corrected chi connectivity index (χ3v) is 4.72. The third kappa shape index (κ3) is 1.97. The smallest absolute Gasteiger partial charge is 0.402 e. The predicted octanol–water partition coefficient (Wildman–Crippen LogP) is 3.01. The normalized spacial score (nSPS) is 21.1. The minimum Gasteiger partial charge on any atom is -0.447 e. The Morgan fingerprint density at radius 3 is 2.44 bits per heavy atom. The minimum atomic E-state index is -1.67. The van der Waals surface area contributed by atoms with Gasteiger partial charge in [0.15, 0.2) is 8.24 Å². The molecule has 0 saturated carbocycles. The Balaban J connectivity index is 2.32. The molecule has 0 unspecified atom stereocenters. The van der Waals surface area contributed by atoms with Crippen molar-refractivity contribution >= 4 is 14.3 Å². The van der Waals surface area contributed by atoms with Gasteiger partial charge >= 0.3 is 6.09 Å². The van der Waals surface area contributed by atoms with E-state index < -0.39 is 8.24 Å². The number of benzene rings is 1. The molecule has 0 spiro atoms. The molecule has 4 heteroatoms. The fraction of sp³-hybridized carbons (Fsp3) is 0.417. The van der Waals surface area contributed by atoms with Crippen molar-refractivity contribution in [3.8, 4) is 0 Å². The molecule has 2 rings (SSSR count). The zero-order valence-electron chi connectivity index (χ0n) is 9.93. The van der Waals surface area contributed by atoms with Crippen LogP contribution in [0.3, 0.4) is 0 Å². The van der Waals surface area contributed by atoms with E-state index in [2.05, 4.69) is 31.8 Å². The lowest BCUT2D eigenvalue weighted by Crippen LogP contribution is -2.47. The molecule has 0 aromatic heterocycles. The number of cyclic esters (lactones) is 1. The highest BCUT2D eigenvalue weighted by Crippen LogP contribution is 2.32. The molecule has 1 amide bonds. The summed E-state index contributed by atoms with van der Waals surface area (Å²) in [6.45, 7) is 6.97. The lowest BCUT2D eigenvalue weighted by atomic mass is 10.1. The first kappa shape index (κ1) is 11.2. The highest BCUT2D eigenvalue weighted by Gasteiger charge is 2.41. The first-order chi connectivity index (χ1) is 7.50. The van der Waals surface area contributed by atoms with Crippen LogP contribution in [0.1, 0.15) is 11.6 Å². The van der Waals surface area contributed by atoms with Gasteiger partial charge < -0.3 is 9.30 Å². The molecule has 1 aromatic carbocycles. The Morgan fingerprint density at radius 2 is 1.88 bits per heavy atom. The van der Waals surface area contributed by atoms with E-state index in [1.165, 1.54) is 0 Å². The van der Waals surface area contributed by atoms with Crippen molar-refractivity contribution < 1.29 is 9.53 Å². The third-order valence-electron chi connectivity index (χ3n) is 2.78. The van der Waals surface area contributed by atoms with Crippen LogP contribution in [0.5, 0.6) is 0 Å². The van der Waals surface area contributed by atoms with E-state index in [4.69, 9.17) is 4.74 Å². The van der Waals surface area contributed by atoms with Crippen LogP contribution in [0.25, 0.3) is 0 Å². The first-order valence-electron chi connectivity index (χ1n) is 5.51. The molecule has 1 aliphatic rings. The number of carbonyl (C=O) groups is 1. The second kappa shape index (κ2) is 3.94. The molecule has 0 N–H and O–H groups in total. The fourth-order valence-corrected chi connectivity index (χ4v) is 3.85. The van der Waals surface area contributed by atoms with Crippen molar-refractivity contribution in [2.24, 2.45) is 0 Å². The lowest BCUT2D eigenvalue weighted by Gasteiger charge is -2.32. The summed E-state index contributed by atoms with van der Waals surface area (Å²) in [4.78, 5) is 11.7. The number of hydrogen-bond donors (Lipinski definition) is 0. The van der Waals surface area contributed by atoms with E-state index in [1.54, 1.807) is 0 Å². The molecule has 1 aromatic rings. The minimum absolute atomic E-state index is 0.0976. The summed E-state index contributed by atoms with van der Waals surface area (Å²) in [6, 6.07) is 10.2. The molecule has 1 aliphatic heterocycles. The van der Waals surface area contributed by atoms with Crippen LogP contribution >= 0.6 is 0 Å². The highest BCUT2D eigenvalue weighted by atomic mass is 28.3. The Morgan fingerprint density at radius 1 is 1.25 bits per heavy atom. The molecule has 3 nitrogen and oxygen atoms in total. The number of nitrogens with zero attached hydrogens (tertiary/aromatic N) is 1. The number of ether oxygens (including phenoxy) is 1. The monoisotopic (exact) mass is 235 g/mol. The van der Waals surface area contributed by atoms with Crippen LogP contribution in [-0.4, -0.2) is 25.5 Å². The summed E-state index contributed by atoms with van der Waals surface area (Å²) in [5.74, 6) is 0. The number of carbonyl (C=O) groups excluding carboxylic acids is 1. The van der Waals surface area contributed by atoms with Crippen molar-refractivity contribution in [1.82, 2.24) is 4.57 Å². The second-order valence-corrected chi connectivity index (χ2v) is 9.87. The van der Waals surface area contributed by atoms with Crippen LogP contribution in [0.4, 0.5) is 4.79 Å². The maximum atomic E-state index is 11.7. The summed E-state index contributed by atoms with van der Waals surface area (Å²) in [5.41, 5.74) is 1.16. The Hall–Kier alpha value is -1.29. The standard InChI is InChI=1S/C12H17NO2Si/c1-16(2,3)13-11(9-15-12(13)14)10-7-5-4-6-8-10/h4-8,11H,9H2,1-3H3/t11-/m1/s1. The zero-order chi connectivity index (χ0) is 11.8. The average molecular weight is 235 g/mol. The van der Waals surface area contributed by atoms with E-state index in [9.17, 15) is 4.79 Å². The van der Waals surface area contributed by atoms with Crippen LogP contribution < -0.4 is 0 Å². The quantitative estimate of drug-likeness (QED) is 0.737. The topological polar surface area (TPSA) is 29.5 Å². The average Bonchev–Trinajstić information content (AvgIpc) is 2.61. The summed E-state index contributed by atoms with van der Waals surface area (Å²) < 4.78 is 7.13. The van der Waals surface area contributed by atoms with E-state index in [0.717, 1.165) is 5.56 Å². The Bertz CT molecular complexity index is 386. The molecular formula is C12H17NO2Si. The number of rotatable bonds is 2. The van der Waals surface area contributed by atoms with Gasteiger partial charge in [-0.05, 0) is 5.56 Å². The lowest BCUT2D eigenvalue weighted by molar-refractivity contribution is 0.169. The molecular weight excluding hydrogens is 218 g/mol. The fourth-order valence-electron chi connectivity index (χ4n) is 2.08. The largest absolute Gasteiger partial charge is 0.447 e. The molecule has 0 aliphatic carbocycles. The summed E-state index contributed by atoms with van der Waals surface area (Å²) in [6.07, 6.45) is -0.159. The van der Waals surface area contributed by atoms with Gasteiger partial charge in [0.05, 0.1) is 6.04 Å². The molecule has 1 atom stereocenters. The zero-order valence-corrected chi connectivity index (χ0v) is 10.9. The Labute approximate surface area is 97.1 Å². The molecule has 0 radical (unpaired) electrons. The van der Waals surface area contributed by atoms with Gasteiger partial charge in [0.25, 0.3) is 0 Å². The van der Waals surface area contributed by atoms with Gasteiger partial charge in [-0.2, -0.15) is 0 Å². The molecule has 1 heterocycles. The van der Waals surface area contributed by atoms with Crippen molar-refractivity contribution in [3.05, 3.63) is 35.9 Å². The van der Waals surface area contributed by atoms with Crippen LogP contribution in [0, 0.1) is 0 Å². The molecule has 86 valence electrons. The van der Waals surface area contributed by atoms with E-state index in [1.807, 2.05) is 22.8 Å². The van der Waals surface area contributed by atoms with Crippen molar-refractivity contribution in [2.45, 2.75) is 25.7 Å². The van der Waals surface area contributed by atoms with Crippen molar-refractivity contribution in [1.29, 1.82) is 0 Å². The molecule has 1 fully saturated rings. The summed E-state index contributed by atoms with van der Waals surface area (Å²) in [5, 5.41) is 0. The highest BCUT2D eigenvalue weighted by molar-refractivity contribution is 6.75. The van der Waals surface area contributed by atoms with Crippen LogP contribution in [0.2, 0.25) is 19.6 Å². The van der Waals surface area contributed by atoms with E-state index >= 15 is 0 Å².